The summed E-state index contributed by atoms with van der Waals surface area (Å²) in [7, 11) is 0. The maximum atomic E-state index is 11.3. The Morgan fingerprint density at radius 1 is 1.05 bits per heavy atom. The number of esters is 1. The van der Waals surface area contributed by atoms with Gasteiger partial charge in [-0.2, -0.15) is 0 Å². The van der Waals surface area contributed by atoms with E-state index in [0.29, 0.717) is 6.61 Å². The van der Waals surface area contributed by atoms with Crippen LogP contribution in [0.25, 0.3) is 0 Å². The molecule has 5 heteroatoms. The number of carbonyl (C=O) groups is 2. The SMILES string of the molecule is CC(=O)CC(=O)OCCN1CCN(Cc2ccccc2)CC1. The number of ether oxygens (including phenoxy) is 1. The number of Topliss-reactive ketones (excluding diaryl/α,β-unsaturated/α-hetero) is 1. The third-order valence-corrected chi connectivity index (χ3v) is 3.78. The summed E-state index contributed by atoms with van der Waals surface area (Å²) >= 11 is 0. The summed E-state index contributed by atoms with van der Waals surface area (Å²) < 4.78 is 5.06. The minimum Gasteiger partial charge on any atom is -0.464 e. The molecule has 0 aromatic heterocycles. The molecule has 1 fully saturated rings. The summed E-state index contributed by atoms with van der Waals surface area (Å²) in [6.45, 7) is 7.50. The summed E-state index contributed by atoms with van der Waals surface area (Å²) in [5, 5.41) is 0. The second-order valence-electron chi connectivity index (χ2n) is 5.70. The summed E-state index contributed by atoms with van der Waals surface area (Å²) in [5.74, 6) is -0.574. The van der Waals surface area contributed by atoms with Crippen molar-refractivity contribution < 1.29 is 14.3 Å². The first-order valence-corrected chi connectivity index (χ1v) is 7.77. The van der Waals surface area contributed by atoms with Gasteiger partial charge in [-0.3, -0.25) is 19.4 Å². The van der Waals surface area contributed by atoms with Gasteiger partial charge in [0.2, 0.25) is 0 Å². The van der Waals surface area contributed by atoms with Gasteiger partial charge in [0.15, 0.2) is 0 Å². The second kappa shape index (κ2) is 8.66. The van der Waals surface area contributed by atoms with Gasteiger partial charge in [-0.1, -0.05) is 30.3 Å². The number of hydrogen-bond acceptors (Lipinski definition) is 5. The van der Waals surface area contributed by atoms with Crippen LogP contribution in [0, 0.1) is 0 Å². The predicted molar refractivity (Wildman–Crippen MR) is 84.4 cm³/mol. The van der Waals surface area contributed by atoms with Crippen molar-refractivity contribution >= 4 is 11.8 Å². The molecule has 1 aliphatic heterocycles. The molecule has 0 N–H and O–H groups in total. The molecular formula is C17H24N2O3. The zero-order valence-electron chi connectivity index (χ0n) is 13.2. The zero-order valence-corrected chi connectivity index (χ0v) is 13.2. The van der Waals surface area contributed by atoms with Crippen LogP contribution in [-0.2, 0) is 20.9 Å². The summed E-state index contributed by atoms with van der Waals surface area (Å²) in [4.78, 5) is 26.8. The summed E-state index contributed by atoms with van der Waals surface area (Å²) in [6.07, 6.45) is -0.120. The smallest absolute Gasteiger partial charge is 0.313 e. The van der Waals surface area contributed by atoms with Crippen molar-refractivity contribution in [2.45, 2.75) is 19.9 Å². The zero-order chi connectivity index (χ0) is 15.8. The van der Waals surface area contributed by atoms with E-state index in [1.165, 1.54) is 12.5 Å². The minimum atomic E-state index is -0.421. The van der Waals surface area contributed by atoms with Gasteiger partial charge in [0, 0.05) is 39.3 Å². The van der Waals surface area contributed by atoms with E-state index >= 15 is 0 Å². The minimum absolute atomic E-state index is 0.120. The van der Waals surface area contributed by atoms with E-state index < -0.39 is 5.97 Å². The molecule has 0 amide bonds. The highest BCUT2D eigenvalue weighted by atomic mass is 16.5. The number of hydrogen-bond donors (Lipinski definition) is 0. The van der Waals surface area contributed by atoms with Crippen LogP contribution < -0.4 is 0 Å². The lowest BCUT2D eigenvalue weighted by Crippen LogP contribution is -2.46. The Kier molecular flexibility index (Phi) is 6.55. The fourth-order valence-corrected chi connectivity index (χ4v) is 2.56. The first kappa shape index (κ1) is 16.6. The van der Waals surface area contributed by atoms with Gasteiger partial charge < -0.3 is 4.74 Å². The van der Waals surface area contributed by atoms with E-state index in [1.807, 2.05) is 6.07 Å². The van der Waals surface area contributed by atoms with Crippen LogP contribution >= 0.6 is 0 Å². The standard InChI is InChI=1S/C17H24N2O3/c1-15(20)13-17(21)22-12-11-18-7-9-19(10-8-18)14-16-5-3-2-4-6-16/h2-6H,7-14H2,1H3. The lowest BCUT2D eigenvalue weighted by atomic mass is 10.2. The van der Waals surface area contributed by atoms with Crippen molar-refractivity contribution in [3.05, 3.63) is 35.9 Å². The van der Waals surface area contributed by atoms with Crippen molar-refractivity contribution in [1.82, 2.24) is 9.80 Å². The maximum absolute atomic E-state index is 11.3. The molecule has 1 saturated heterocycles. The molecule has 22 heavy (non-hydrogen) atoms. The molecule has 0 atom stereocenters. The van der Waals surface area contributed by atoms with Crippen LogP contribution in [0.5, 0.6) is 0 Å². The lowest BCUT2D eigenvalue weighted by Gasteiger charge is -2.34. The van der Waals surface area contributed by atoms with Gasteiger partial charge in [-0.05, 0) is 12.5 Å². The first-order valence-electron chi connectivity index (χ1n) is 7.77. The molecule has 0 unspecified atom stereocenters. The molecule has 0 saturated carbocycles. The Balaban J connectivity index is 1.61. The van der Waals surface area contributed by atoms with Gasteiger partial charge in [-0.25, -0.2) is 0 Å². The normalized spacial score (nSPS) is 16.4. The highest BCUT2D eigenvalue weighted by Gasteiger charge is 2.17. The van der Waals surface area contributed by atoms with Crippen molar-refractivity contribution in [1.29, 1.82) is 0 Å². The van der Waals surface area contributed by atoms with Crippen LogP contribution in [-0.4, -0.2) is 60.9 Å². The average molecular weight is 304 g/mol. The Hall–Kier alpha value is -1.72. The number of benzene rings is 1. The Bertz CT molecular complexity index is 482. The molecule has 2 rings (SSSR count). The summed E-state index contributed by atoms with van der Waals surface area (Å²) in [5.41, 5.74) is 1.34. The van der Waals surface area contributed by atoms with E-state index in [9.17, 15) is 9.59 Å². The monoisotopic (exact) mass is 304 g/mol. The molecule has 0 radical (unpaired) electrons. The van der Waals surface area contributed by atoms with Crippen molar-refractivity contribution in [2.75, 3.05) is 39.3 Å². The van der Waals surface area contributed by atoms with Gasteiger partial charge in [0.1, 0.15) is 18.8 Å². The molecule has 1 heterocycles. The Morgan fingerprint density at radius 2 is 1.68 bits per heavy atom. The Labute approximate surface area is 131 Å². The van der Waals surface area contributed by atoms with E-state index in [1.54, 1.807) is 0 Å². The third kappa shape index (κ3) is 5.95. The van der Waals surface area contributed by atoms with E-state index in [2.05, 4.69) is 34.1 Å². The largest absolute Gasteiger partial charge is 0.464 e. The van der Waals surface area contributed by atoms with Crippen molar-refractivity contribution in [3.8, 4) is 0 Å². The van der Waals surface area contributed by atoms with Gasteiger partial charge in [0.05, 0.1) is 0 Å². The van der Waals surface area contributed by atoms with Crippen LogP contribution in [0.15, 0.2) is 30.3 Å². The summed E-state index contributed by atoms with van der Waals surface area (Å²) in [6, 6.07) is 10.5. The maximum Gasteiger partial charge on any atom is 0.313 e. The molecular weight excluding hydrogens is 280 g/mol. The molecule has 120 valence electrons. The number of nitrogens with zero attached hydrogens (tertiary/aromatic N) is 2. The van der Waals surface area contributed by atoms with Crippen molar-refractivity contribution in [2.24, 2.45) is 0 Å². The van der Waals surface area contributed by atoms with Crippen LogP contribution in [0.3, 0.4) is 0 Å². The fourth-order valence-electron chi connectivity index (χ4n) is 2.56. The van der Waals surface area contributed by atoms with Crippen LogP contribution in [0.2, 0.25) is 0 Å². The molecule has 0 aliphatic carbocycles. The molecule has 1 aromatic carbocycles. The third-order valence-electron chi connectivity index (χ3n) is 3.78. The first-order chi connectivity index (χ1) is 10.6. The second-order valence-corrected chi connectivity index (χ2v) is 5.70. The highest BCUT2D eigenvalue weighted by molar-refractivity contribution is 5.94. The Morgan fingerprint density at radius 3 is 2.32 bits per heavy atom. The van der Waals surface area contributed by atoms with E-state index in [4.69, 9.17) is 4.74 Å². The molecule has 5 nitrogen and oxygen atoms in total. The lowest BCUT2D eigenvalue weighted by molar-refractivity contribution is -0.146. The van der Waals surface area contributed by atoms with E-state index in [0.717, 1.165) is 39.3 Å². The molecule has 1 aromatic rings. The number of rotatable bonds is 7. The van der Waals surface area contributed by atoms with Gasteiger partial charge in [-0.15, -0.1) is 0 Å². The fraction of sp³-hybridized carbons (Fsp3) is 0.529. The van der Waals surface area contributed by atoms with Crippen LogP contribution in [0.1, 0.15) is 18.9 Å². The average Bonchev–Trinajstić information content (AvgIpc) is 2.49. The number of piperazine rings is 1. The number of ketones is 1. The molecule has 0 bridgehead atoms. The van der Waals surface area contributed by atoms with Crippen LogP contribution in [0.4, 0.5) is 0 Å². The molecule has 1 aliphatic rings. The highest BCUT2D eigenvalue weighted by Crippen LogP contribution is 2.08. The number of carbonyl (C=O) groups excluding carboxylic acids is 2. The molecule has 0 spiro atoms. The van der Waals surface area contributed by atoms with Gasteiger partial charge >= 0.3 is 5.97 Å². The van der Waals surface area contributed by atoms with Gasteiger partial charge in [0.25, 0.3) is 0 Å². The van der Waals surface area contributed by atoms with E-state index in [-0.39, 0.29) is 12.2 Å². The quantitative estimate of drug-likeness (QED) is 0.562. The van der Waals surface area contributed by atoms with Crippen molar-refractivity contribution in [3.63, 3.8) is 0 Å². The predicted octanol–water partition coefficient (Wildman–Crippen LogP) is 1.33. The topological polar surface area (TPSA) is 49.9 Å².